The van der Waals surface area contributed by atoms with Gasteiger partial charge in [-0.2, -0.15) is 0 Å². The predicted octanol–water partition coefficient (Wildman–Crippen LogP) is 2.71. The maximum atomic E-state index is 12.9. The van der Waals surface area contributed by atoms with Crippen molar-refractivity contribution in [2.75, 3.05) is 11.1 Å². The lowest BCUT2D eigenvalue weighted by Gasteiger charge is -2.06. The molecule has 0 radical (unpaired) electrons. The molecule has 1 aromatic carbocycles. The number of hydrogen-bond donors (Lipinski definition) is 2. The predicted molar refractivity (Wildman–Crippen MR) is 68.0 cm³/mol. The molecule has 0 aliphatic carbocycles. The van der Waals surface area contributed by atoms with Gasteiger partial charge in [-0.3, -0.25) is 9.78 Å². The summed E-state index contributed by atoms with van der Waals surface area (Å²) >= 11 is 5.89. The number of aromatic nitrogens is 1. The number of hydrogen-bond acceptors (Lipinski definition) is 3. The highest BCUT2D eigenvalue weighted by atomic mass is 35.5. The van der Waals surface area contributed by atoms with Gasteiger partial charge < -0.3 is 11.1 Å². The first-order valence-corrected chi connectivity index (χ1v) is 5.41. The molecule has 1 heterocycles. The van der Waals surface area contributed by atoms with E-state index in [-0.39, 0.29) is 16.3 Å². The van der Waals surface area contributed by atoms with Crippen molar-refractivity contribution in [3.63, 3.8) is 0 Å². The summed E-state index contributed by atoms with van der Waals surface area (Å²) in [6, 6.07) is 5.70. The number of nitrogens with two attached hydrogens (primary N) is 1. The smallest absolute Gasteiger partial charge is 0.257 e. The second-order valence-corrected chi connectivity index (χ2v) is 3.99. The van der Waals surface area contributed by atoms with E-state index in [1.165, 1.54) is 18.3 Å². The number of benzene rings is 1. The van der Waals surface area contributed by atoms with E-state index in [9.17, 15) is 9.18 Å². The van der Waals surface area contributed by atoms with Crippen LogP contribution in [0.2, 0.25) is 5.02 Å². The summed E-state index contributed by atoms with van der Waals surface area (Å²) in [5, 5.41) is 2.73. The van der Waals surface area contributed by atoms with Gasteiger partial charge in [0.15, 0.2) is 0 Å². The fraction of sp³-hybridized carbons (Fsp3) is 0. The number of nitrogen functional groups attached to an aromatic ring is 1. The van der Waals surface area contributed by atoms with Crippen molar-refractivity contribution in [1.82, 2.24) is 4.98 Å². The maximum Gasteiger partial charge on any atom is 0.257 e. The molecule has 18 heavy (non-hydrogen) atoms. The van der Waals surface area contributed by atoms with E-state index in [1.807, 2.05) is 0 Å². The molecule has 2 rings (SSSR count). The van der Waals surface area contributed by atoms with Crippen LogP contribution in [0, 0.1) is 5.82 Å². The van der Waals surface area contributed by atoms with Crippen molar-refractivity contribution in [2.45, 2.75) is 0 Å². The number of halogens is 2. The molecule has 1 amide bonds. The summed E-state index contributed by atoms with van der Waals surface area (Å²) < 4.78 is 12.9. The van der Waals surface area contributed by atoms with Gasteiger partial charge in [-0.25, -0.2) is 4.39 Å². The third-order valence-corrected chi connectivity index (χ3v) is 2.51. The maximum absolute atomic E-state index is 12.9. The molecule has 0 aliphatic rings. The SMILES string of the molecule is Nc1ccc(C(=O)Nc2cncc(F)c2)c(Cl)c1. The molecule has 6 heteroatoms. The van der Waals surface area contributed by atoms with E-state index in [0.717, 1.165) is 12.3 Å². The Morgan fingerprint density at radius 2 is 2.11 bits per heavy atom. The first kappa shape index (κ1) is 12.3. The fourth-order valence-corrected chi connectivity index (χ4v) is 1.67. The van der Waals surface area contributed by atoms with E-state index >= 15 is 0 Å². The van der Waals surface area contributed by atoms with Crippen molar-refractivity contribution in [2.24, 2.45) is 0 Å². The van der Waals surface area contributed by atoms with Crippen LogP contribution in [0.5, 0.6) is 0 Å². The van der Waals surface area contributed by atoms with E-state index in [1.54, 1.807) is 6.07 Å². The minimum atomic E-state index is -0.531. The van der Waals surface area contributed by atoms with Crippen molar-refractivity contribution < 1.29 is 9.18 Å². The molecule has 1 aromatic heterocycles. The Morgan fingerprint density at radius 3 is 2.78 bits per heavy atom. The van der Waals surface area contributed by atoms with Gasteiger partial charge >= 0.3 is 0 Å². The zero-order valence-corrected chi connectivity index (χ0v) is 9.91. The molecule has 0 spiro atoms. The molecule has 0 bridgehead atoms. The number of carbonyl (C=O) groups is 1. The van der Waals surface area contributed by atoms with E-state index in [0.29, 0.717) is 5.69 Å². The largest absolute Gasteiger partial charge is 0.399 e. The normalized spacial score (nSPS) is 10.1. The van der Waals surface area contributed by atoms with Crippen LogP contribution in [0.3, 0.4) is 0 Å². The van der Waals surface area contributed by atoms with Crippen LogP contribution in [0.15, 0.2) is 36.7 Å². The van der Waals surface area contributed by atoms with Crippen LogP contribution in [0.4, 0.5) is 15.8 Å². The summed E-state index contributed by atoms with van der Waals surface area (Å²) in [4.78, 5) is 15.5. The molecule has 0 atom stereocenters. The number of nitrogens with one attached hydrogen (secondary N) is 1. The first-order chi connectivity index (χ1) is 8.56. The molecule has 0 unspecified atom stereocenters. The van der Waals surface area contributed by atoms with E-state index in [2.05, 4.69) is 10.3 Å². The van der Waals surface area contributed by atoms with Crippen LogP contribution >= 0.6 is 11.6 Å². The third-order valence-electron chi connectivity index (χ3n) is 2.20. The highest BCUT2D eigenvalue weighted by Gasteiger charge is 2.11. The number of pyridine rings is 1. The van der Waals surface area contributed by atoms with Crippen LogP contribution in [0.1, 0.15) is 10.4 Å². The van der Waals surface area contributed by atoms with Gasteiger partial charge in [0.05, 0.1) is 28.7 Å². The average Bonchev–Trinajstić information content (AvgIpc) is 2.28. The van der Waals surface area contributed by atoms with Crippen LogP contribution in [-0.2, 0) is 0 Å². The Kier molecular flexibility index (Phi) is 3.43. The lowest BCUT2D eigenvalue weighted by molar-refractivity contribution is 0.102. The van der Waals surface area contributed by atoms with Crippen LogP contribution in [0.25, 0.3) is 0 Å². The van der Waals surface area contributed by atoms with Gasteiger partial charge in [0.25, 0.3) is 5.91 Å². The molecule has 4 nitrogen and oxygen atoms in total. The van der Waals surface area contributed by atoms with E-state index in [4.69, 9.17) is 17.3 Å². The van der Waals surface area contributed by atoms with Gasteiger partial charge in [-0.1, -0.05) is 11.6 Å². The zero-order valence-electron chi connectivity index (χ0n) is 9.15. The Balaban J connectivity index is 2.22. The Labute approximate surface area is 108 Å². The van der Waals surface area contributed by atoms with Gasteiger partial charge in [0.1, 0.15) is 5.82 Å². The quantitative estimate of drug-likeness (QED) is 0.821. The molecule has 2 aromatic rings. The van der Waals surface area contributed by atoms with Crippen molar-refractivity contribution in [3.05, 3.63) is 53.1 Å². The number of amides is 1. The molecule has 0 fully saturated rings. The summed E-state index contributed by atoms with van der Waals surface area (Å²) in [5.74, 6) is -0.983. The fourth-order valence-electron chi connectivity index (χ4n) is 1.39. The molecule has 3 N–H and O–H groups in total. The van der Waals surface area contributed by atoms with E-state index < -0.39 is 11.7 Å². The Bertz CT molecular complexity index is 604. The zero-order chi connectivity index (χ0) is 13.1. The summed E-state index contributed by atoms with van der Waals surface area (Å²) in [6.45, 7) is 0. The minimum Gasteiger partial charge on any atom is -0.399 e. The number of nitrogens with zero attached hydrogens (tertiary/aromatic N) is 1. The van der Waals surface area contributed by atoms with Crippen LogP contribution < -0.4 is 11.1 Å². The summed E-state index contributed by atoms with van der Waals surface area (Å²) in [5.41, 5.74) is 6.50. The van der Waals surface area contributed by atoms with Crippen molar-refractivity contribution >= 4 is 28.9 Å². The molecule has 92 valence electrons. The van der Waals surface area contributed by atoms with Gasteiger partial charge in [0, 0.05) is 11.8 Å². The molecule has 0 aliphatic heterocycles. The molecular weight excluding hydrogens is 257 g/mol. The summed E-state index contributed by atoms with van der Waals surface area (Å²) in [7, 11) is 0. The lowest BCUT2D eigenvalue weighted by atomic mass is 10.2. The monoisotopic (exact) mass is 265 g/mol. The second-order valence-electron chi connectivity index (χ2n) is 3.59. The molecule has 0 saturated carbocycles. The number of anilines is 2. The number of carbonyl (C=O) groups excluding carboxylic acids is 1. The lowest BCUT2D eigenvalue weighted by Crippen LogP contribution is -2.13. The number of rotatable bonds is 2. The summed E-state index contributed by atoms with van der Waals surface area (Å²) in [6.07, 6.45) is 2.39. The van der Waals surface area contributed by atoms with Crippen molar-refractivity contribution in [1.29, 1.82) is 0 Å². The van der Waals surface area contributed by atoms with Gasteiger partial charge in [-0.15, -0.1) is 0 Å². The Hall–Kier alpha value is -2.14. The average molecular weight is 266 g/mol. The standard InChI is InChI=1S/C12H9ClFN3O/c13-11-4-8(15)1-2-10(11)12(18)17-9-3-7(14)5-16-6-9/h1-6H,15H2,(H,17,18). The van der Waals surface area contributed by atoms with Gasteiger partial charge in [-0.05, 0) is 18.2 Å². The molecular formula is C12H9ClFN3O. The highest BCUT2D eigenvalue weighted by molar-refractivity contribution is 6.34. The second kappa shape index (κ2) is 5.01. The minimum absolute atomic E-state index is 0.233. The topological polar surface area (TPSA) is 68.0 Å². The first-order valence-electron chi connectivity index (χ1n) is 5.03. The highest BCUT2D eigenvalue weighted by Crippen LogP contribution is 2.20. The van der Waals surface area contributed by atoms with Crippen molar-refractivity contribution in [3.8, 4) is 0 Å². The third kappa shape index (κ3) is 2.75. The Morgan fingerprint density at radius 1 is 1.33 bits per heavy atom. The van der Waals surface area contributed by atoms with Crippen LogP contribution in [-0.4, -0.2) is 10.9 Å². The van der Waals surface area contributed by atoms with Gasteiger partial charge in [0.2, 0.25) is 0 Å². The molecule has 0 saturated heterocycles.